The molecule has 8 heteroatoms. The Morgan fingerprint density at radius 1 is 1.19 bits per heavy atom. The molecule has 0 fully saturated rings. The number of rotatable bonds is 4. The van der Waals surface area contributed by atoms with Gasteiger partial charge in [-0.3, -0.25) is 9.59 Å². The summed E-state index contributed by atoms with van der Waals surface area (Å²) in [6.45, 7) is 2.15. The fourth-order valence-electron chi connectivity index (χ4n) is 2.63. The van der Waals surface area contributed by atoms with E-state index in [1.807, 2.05) is 25.1 Å². The molecule has 5 nitrogen and oxygen atoms in total. The maximum atomic E-state index is 13.9. The van der Waals surface area contributed by atoms with Crippen molar-refractivity contribution in [1.29, 1.82) is 0 Å². The first kappa shape index (κ1) is 18.9. The van der Waals surface area contributed by atoms with E-state index >= 15 is 0 Å². The number of methoxy groups -OCH3 is 1. The van der Waals surface area contributed by atoms with Gasteiger partial charge in [-0.2, -0.15) is 4.99 Å². The molecule has 0 aliphatic heterocycles. The number of amides is 1. The van der Waals surface area contributed by atoms with Crippen LogP contribution >= 0.6 is 11.3 Å². The van der Waals surface area contributed by atoms with Crippen molar-refractivity contribution in [1.82, 2.24) is 4.57 Å². The van der Waals surface area contributed by atoms with Gasteiger partial charge in [-0.25, -0.2) is 8.78 Å². The molecule has 0 aliphatic carbocycles. The first-order chi connectivity index (χ1) is 12.9. The number of carbonyl (C=O) groups is 2. The predicted octanol–water partition coefficient (Wildman–Crippen LogP) is 3.59. The lowest BCUT2D eigenvalue weighted by atomic mass is 10.2. The zero-order valence-electron chi connectivity index (χ0n) is 14.7. The van der Waals surface area contributed by atoms with Gasteiger partial charge < -0.3 is 9.30 Å². The lowest BCUT2D eigenvalue weighted by Gasteiger charge is -2.05. The van der Waals surface area contributed by atoms with Gasteiger partial charge in [0.05, 0.1) is 23.7 Å². The topological polar surface area (TPSA) is 60.7 Å². The number of aromatic nitrogens is 1. The van der Waals surface area contributed by atoms with Crippen molar-refractivity contribution >= 4 is 33.4 Å². The SMILES string of the molecule is COC(=O)CCn1c(=NC(=O)c2c(F)cccc2F)sc2cc(C)ccc21. The fraction of sp³-hybridized carbons (Fsp3) is 0.211. The van der Waals surface area contributed by atoms with Gasteiger partial charge in [0, 0.05) is 6.54 Å². The molecule has 0 radical (unpaired) electrons. The molecule has 1 aromatic heterocycles. The van der Waals surface area contributed by atoms with Gasteiger partial charge in [-0.1, -0.05) is 23.5 Å². The maximum absolute atomic E-state index is 13.9. The second kappa shape index (κ2) is 7.79. The average molecular weight is 390 g/mol. The summed E-state index contributed by atoms with van der Waals surface area (Å²) < 4.78 is 34.9. The molecule has 0 atom stereocenters. The number of aryl methyl sites for hydroxylation is 2. The molecule has 1 heterocycles. The van der Waals surface area contributed by atoms with Gasteiger partial charge in [-0.15, -0.1) is 0 Å². The van der Waals surface area contributed by atoms with Crippen molar-refractivity contribution in [3.05, 3.63) is 64.0 Å². The molecular formula is C19H16F2N2O3S. The summed E-state index contributed by atoms with van der Waals surface area (Å²) in [5.74, 6) is -3.37. The summed E-state index contributed by atoms with van der Waals surface area (Å²) in [5.41, 5.74) is 1.09. The third kappa shape index (κ3) is 3.95. The van der Waals surface area contributed by atoms with Crippen molar-refractivity contribution in [2.75, 3.05) is 7.11 Å². The third-order valence-corrected chi connectivity index (χ3v) is 5.02. The summed E-state index contributed by atoms with van der Waals surface area (Å²) in [6.07, 6.45) is 0.0750. The standard InChI is InChI=1S/C19H16F2N2O3S/c1-11-6-7-14-15(10-11)27-19(23(14)9-8-16(24)26-2)22-18(25)17-12(20)4-3-5-13(17)21/h3-7,10H,8-9H2,1-2H3. The van der Waals surface area contributed by atoms with Crippen LogP contribution in [-0.4, -0.2) is 23.6 Å². The number of hydrogen-bond donors (Lipinski definition) is 0. The molecule has 0 saturated carbocycles. The minimum absolute atomic E-state index is 0.0750. The Morgan fingerprint density at radius 3 is 2.56 bits per heavy atom. The van der Waals surface area contributed by atoms with E-state index in [0.29, 0.717) is 0 Å². The van der Waals surface area contributed by atoms with Crippen LogP contribution in [0.5, 0.6) is 0 Å². The summed E-state index contributed by atoms with van der Waals surface area (Å²) in [7, 11) is 1.29. The highest BCUT2D eigenvalue weighted by molar-refractivity contribution is 7.16. The normalized spacial score (nSPS) is 11.8. The molecule has 0 spiro atoms. The highest BCUT2D eigenvalue weighted by Crippen LogP contribution is 2.20. The van der Waals surface area contributed by atoms with E-state index in [-0.39, 0.29) is 17.8 Å². The van der Waals surface area contributed by atoms with Crippen LogP contribution in [0, 0.1) is 18.6 Å². The molecular weight excluding hydrogens is 374 g/mol. The summed E-state index contributed by atoms with van der Waals surface area (Å²) >= 11 is 1.21. The number of benzene rings is 2. The number of ether oxygens (including phenoxy) is 1. The molecule has 3 aromatic rings. The average Bonchev–Trinajstić information content (AvgIpc) is 2.95. The van der Waals surface area contributed by atoms with Crippen molar-refractivity contribution in [3.8, 4) is 0 Å². The molecule has 0 aliphatic rings. The van der Waals surface area contributed by atoms with Crippen LogP contribution in [0.15, 0.2) is 41.4 Å². The van der Waals surface area contributed by atoms with Gasteiger partial charge in [0.1, 0.15) is 17.2 Å². The number of nitrogens with zero attached hydrogens (tertiary/aromatic N) is 2. The Hall–Kier alpha value is -2.87. The van der Waals surface area contributed by atoms with Crippen LogP contribution in [0.3, 0.4) is 0 Å². The van der Waals surface area contributed by atoms with Crippen LogP contribution < -0.4 is 4.80 Å². The molecule has 0 bridgehead atoms. The van der Waals surface area contributed by atoms with E-state index in [2.05, 4.69) is 9.73 Å². The number of fused-ring (bicyclic) bond motifs is 1. The Kier molecular flexibility index (Phi) is 5.46. The first-order valence-corrected chi connectivity index (χ1v) is 8.92. The van der Waals surface area contributed by atoms with Crippen LogP contribution in [0.2, 0.25) is 0 Å². The van der Waals surface area contributed by atoms with Gasteiger partial charge in [-0.05, 0) is 36.8 Å². The van der Waals surface area contributed by atoms with Crippen LogP contribution in [-0.2, 0) is 16.1 Å². The van der Waals surface area contributed by atoms with Gasteiger partial charge in [0.2, 0.25) is 0 Å². The summed E-state index contributed by atoms with van der Waals surface area (Å²) in [4.78, 5) is 28.1. The largest absolute Gasteiger partial charge is 0.469 e. The van der Waals surface area contributed by atoms with Crippen molar-refractivity contribution in [2.24, 2.45) is 4.99 Å². The molecule has 3 rings (SSSR count). The lowest BCUT2D eigenvalue weighted by molar-refractivity contribution is -0.140. The number of thiazole rings is 1. The minimum Gasteiger partial charge on any atom is -0.469 e. The van der Waals surface area contributed by atoms with E-state index in [1.54, 1.807) is 4.57 Å². The van der Waals surface area contributed by atoms with Crippen LogP contribution in [0.4, 0.5) is 8.78 Å². The quantitative estimate of drug-likeness (QED) is 0.640. The minimum atomic E-state index is -1.01. The van der Waals surface area contributed by atoms with E-state index < -0.39 is 29.1 Å². The molecule has 27 heavy (non-hydrogen) atoms. The van der Waals surface area contributed by atoms with Gasteiger partial charge >= 0.3 is 5.97 Å². The summed E-state index contributed by atoms with van der Waals surface area (Å²) in [5, 5.41) is 0. The van der Waals surface area contributed by atoms with Crippen LogP contribution in [0.1, 0.15) is 22.3 Å². The zero-order valence-corrected chi connectivity index (χ0v) is 15.5. The van der Waals surface area contributed by atoms with Crippen LogP contribution in [0.25, 0.3) is 10.2 Å². The van der Waals surface area contributed by atoms with E-state index in [9.17, 15) is 18.4 Å². The summed E-state index contributed by atoms with van der Waals surface area (Å²) in [6, 6.07) is 8.86. The fourth-order valence-corrected chi connectivity index (χ4v) is 3.78. The predicted molar refractivity (Wildman–Crippen MR) is 97.4 cm³/mol. The Labute approximate surface area is 157 Å². The lowest BCUT2D eigenvalue weighted by Crippen LogP contribution is -2.19. The number of halogens is 2. The van der Waals surface area contributed by atoms with Gasteiger partial charge in [0.15, 0.2) is 4.80 Å². The maximum Gasteiger partial charge on any atom is 0.307 e. The molecule has 140 valence electrons. The molecule has 1 amide bonds. The molecule has 0 N–H and O–H groups in total. The van der Waals surface area contributed by atoms with Crippen molar-refractivity contribution in [3.63, 3.8) is 0 Å². The Balaban J connectivity index is 2.13. The van der Waals surface area contributed by atoms with E-state index in [4.69, 9.17) is 0 Å². The molecule has 0 saturated heterocycles. The number of esters is 1. The highest BCUT2D eigenvalue weighted by atomic mass is 32.1. The van der Waals surface area contributed by atoms with Gasteiger partial charge in [0.25, 0.3) is 5.91 Å². The van der Waals surface area contributed by atoms with E-state index in [0.717, 1.165) is 27.9 Å². The molecule has 0 unspecified atom stereocenters. The number of carbonyl (C=O) groups excluding carboxylic acids is 2. The van der Waals surface area contributed by atoms with E-state index in [1.165, 1.54) is 24.5 Å². The Bertz CT molecular complexity index is 1080. The number of hydrogen-bond acceptors (Lipinski definition) is 4. The third-order valence-electron chi connectivity index (χ3n) is 3.98. The Morgan fingerprint density at radius 2 is 1.89 bits per heavy atom. The second-order valence-electron chi connectivity index (χ2n) is 5.85. The highest BCUT2D eigenvalue weighted by Gasteiger charge is 2.17. The smallest absolute Gasteiger partial charge is 0.307 e. The second-order valence-corrected chi connectivity index (χ2v) is 6.86. The first-order valence-electron chi connectivity index (χ1n) is 8.10. The van der Waals surface area contributed by atoms with Crippen molar-refractivity contribution < 1.29 is 23.1 Å². The zero-order chi connectivity index (χ0) is 19.6. The monoisotopic (exact) mass is 390 g/mol. The molecule has 2 aromatic carbocycles. The van der Waals surface area contributed by atoms with Crippen molar-refractivity contribution in [2.45, 2.75) is 19.9 Å².